The molecule has 0 aliphatic heterocycles. The minimum atomic E-state index is -0.559. The van der Waals surface area contributed by atoms with E-state index in [0.29, 0.717) is 39.1 Å². The second-order valence-corrected chi connectivity index (χ2v) is 8.13. The highest BCUT2D eigenvalue weighted by molar-refractivity contribution is 6.24. The zero-order chi connectivity index (χ0) is 24.9. The number of nitrogens with one attached hydrogen (secondary N) is 3. The maximum atomic E-state index is 13.1. The number of nitrogens with two attached hydrogens (primary N) is 1. The van der Waals surface area contributed by atoms with E-state index >= 15 is 0 Å². The van der Waals surface area contributed by atoms with E-state index in [1.54, 1.807) is 55.7 Å². The molecule has 2 aromatic heterocycles. The van der Waals surface area contributed by atoms with Crippen LogP contribution in [0.3, 0.4) is 0 Å². The molecule has 8 heteroatoms. The number of fused-ring (bicyclic) bond motifs is 1. The van der Waals surface area contributed by atoms with Gasteiger partial charge in [0, 0.05) is 41.5 Å². The summed E-state index contributed by atoms with van der Waals surface area (Å²) < 4.78 is 0. The van der Waals surface area contributed by atoms with Crippen LogP contribution in [0.25, 0.3) is 22.7 Å². The molecule has 35 heavy (non-hydrogen) atoms. The van der Waals surface area contributed by atoms with Crippen molar-refractivity contribution in [3.8, 4) is 0 Å². The Morgan fingerprint density at radius 2 is 1.71 bits per heavy atom. The minimum Gasteiger partial charge on any atom is -0.366 e. The van der Waals surface area contributed by atoms with Crippen molar-refractivity contribution in [2.45, 2.75) is 19.8 Å². The highest BCUT2D eigenvalue weighted by atomic mass is 16.2. The van der Waals surface area contributed by atoms with Gasteiger partial charge in [-0.15, -0.1) is 0 Å². The number of carbonyl (C=O) groups excluding carboxylic acids is 3. The van der Waals surface area contributed by atoms with Gasteiger partial charge in [0.1, 0.15) is 5.65 Å². The van der Waals surface area contributed by atoms with Gasteiger partial charge < -0.3 is 21.4 Å². The van der Waals surface area contributed by atoms with Gasteiger partial charge in [-0.2, -0.15) is 0 Å². The van der Waals surface area contributed by atoms with E-state index in [9.17, 15) is 14.4 Å². The molecule has 1 atom stereocenters. The summed E-state index contributed by atoms with van der Waals surface area (Å²) in [5.74, 6) is -1.38. The zero-order valence-corrected chi connectivity index (χ0v) is 19.3. The first-order valence-corrected chi connectivity index (χ1v) is 11.0. The average molecular weight is 468 g/mol. The summed E-state index contributed by atoms with van der Waals surface area (Å²) in [5, 5.41) is 6.37. The predicted octanol–water partition coefficient (Wildman–Crippen LogP) is 4.29. The van der Waals surface area contributed by atoms with Gasteiger partial charge in [-0.05, 0) is 42.3 Å². The number of aromatic nitrogens is 2. The summed E-state index contributed by atoms with van der Waals surface area (Å²) in [4.78, 5) is 44.0. The van der Waals surface area contributed by atoms with Gasteiger partial charge >= 0.3 is 0 Å². The second-order valence-electron chi connectivity index (χ2n) is 8.13. The highest BCUT2D eigenvalue weighted by Crippen LogP contribution is 2.30. The number of H-pyrrole nitrogens is 1. The van der Waals surface area contributed by atoms with E-state index in [1.807, 2.05) is 30.3 Å². The van der Waals surface area contributed by atoms with Crippen LogP contribution < -0.4 is 16.4 Å². The molecule has 0 saturated heterocycles. The van der Waals surface area contributed by atoms with Crippen LogP contribution in [0.2, 0.25) is 0 Å². The summed E-state index contributed by atoms with van der Waals surface area (Å²) in [5.41, 5.74) is 9.98. The lowest BCUT2D eigenvalue weighted by Crippen LogP contribution is -2.19. The number of amides is 3. The molecular weight excluding hydrogens is 442 g/mol. The van der Waals surface area contributed by atoms with Gasteiger partial charge in [0.15, 0.2) is 0 Å². The normalized spacial score (nSPS) is 12.2. The Labute approximate surface area is 202 Å². The number of nitrogens with zero attached hydrogens (tertiary/aromatic N) is 1. The number of hydrogen-bond acceptors (Lipinski definition) is 4. The molecule has 0 radical (unpaired) electrons. The number of pyridine rings is 1. The molecular formula is C27H25N5O3. The van der Waals surface area contributed by atoms with E-state index in [1.165, 1.54) is 6.92 Å². The molecule has 0 aliphatic rings. The molecule has 4 rings (SSSR count). The summed E-state index contributed by atoms with van der Waals surface area (Å²) in [6.07, 6.45) is 5.02. The Balaban J connectivity index is 1.64. The number of benzene rings is 2. The largest absolute Gasteiger partial charge is 0.366 e. The van der Waals surface area contributed by atoms with Crippen molar-refractivity contribution < 1.29 is 14.4 Å². The van der Waals surface area contributed by atoms with Gasteiger partial charge in [0.05, 0.1) is 11.6 Å². The van der Waals surface area contributed by atoms with E-state index in [-0.39, 0.29) is 11.8 Å². The first-order valence-electron chi connectivity index (χ1n) is 11.0. The molecule has 0 aliphatic carbocycles. The van der Waals surface area contributed by atoms with Crippen LogP contribution in [-0.4, -0.2) is 27.7 Å². The van der Waals surface area contributed by atoms with Crippen LogP contribution >= 0.6 is 0 Å². The average Bonchev–Trinajstić information content (AvgIpc) is 3.26. The number of primary amides is 1. The van der Waals surface area contributed by atoms with Crippen molar-refractivity contribution in [3.05, 3.63) is 89.7 Å². The molecule has 1 unspecified atom stereocenters. The SMILES string of the molecule is CC(=O)Nc1ccc(C(C)C(=O)Nc2ccnc3[nH]cc(C=C(C(N)=O)c4ccccc4)c23)cc1. The first kappa shape index (κ1) is 23.4. The summed E-state index contributed by atoms with van der Waals surface area (Å²) in [6.45, 7) is 3.25. The molecule has 176 valence electrons. The van der Waals surface area contributed by atoms with Gasteiger partial charge in [-0.1, -0.05) is 42.5 Å². The molecule has 2 aromatic carbocycles. The van der Waals surface area contributed by atoms with Gasteiger partial charge in [0.2, 0.25) is 17.7 Å². The van der Waals surface area contributed by atoms with Crippen LogP contribution in [-0.2, 0) is 14.4 Å². The number of hydrogen-bond donors (Lipinski definition) is 4. The number of anilines is 2. The fourth-order valence-electron chi connectivity index (χ4n) is 3.82. The predicted molar refractivity (Wildman–Crippen MR) is 137 cm³/mol. The summed E-state index contributed by atoms with van der Waals surface area (Å²) in [7, 11) is 0. The summed E-state index contributed by atoms with van der Waals surface area (Å²) >= 11 is 0. The number of carbonyl (C=O) groups is 3. The fourth-order valence-corrected chi connectivity index (χ4v) is 3.82. The Bertz CT molecular complexity index is 1420. The van der Waals surface area contributed by atoms with Crippen molar-refractivity contribution in [2.24, 2.45) is 5.73 Å². The zero-order valence-electron chi connectivity index (χ0n) is 19.3. The fraction of sp³-hybridized carbons (Fsp3) is 0.111. The Morgan fingerprint density at radius 1 is 1.00 bits per heavy atom. The smallest absolute Gasteiger partial charge is 0.249 e. The molecule has 0 fully saturated rings. The maximum absolute atomic E-state index is 13.1. The Kier molecular flexibility index (Phi) is 6.73. The third-order valence-corrected chi connectivity index (χ3v) is 5.64. The monoisotopic (exact) mass is 467 g/mol. The van der Waals surface area contributed by atoms with E-state index in [0.717, 1.165) is 5.56 Å². The third kappa shape index (κ3) is 5.27. The number of aromatic amines is 1. The number of rotatable bonds is 7. The van der Waals surface area contributed by atoms with Crippen LogP contribution in [0.1, 0.15) is 36.5 Å². The maximum Gasteiger partial charge on any atom is 0.249 e. The van der Waals surface area contributed by atoms with Crippen molar-refractivity contribution in [3.63, 3.8) is 0 Å². The molecule has 0 saturated carbocycles. The standard InChI is InChI=1S/C27H25N5O3/c1-16(18-8-10-21(11-9-18)31-17(2)33)27(35)32-23-12-13-29-26-24(23)20(15-30-26)14-22(25(28)34)19-6-4-3-5-7-19/h3-16H,1-2H3,(H2,28,34)(H,31,33)(H2,29,30,32,35). The third-order valence-electron chi connectivity index (χ3n) is 5.64. The first-order chi connectivity index (χ1) is 16.8. The minimum absolute atomic E-state index is 0.159. The quantitative estimate of drug-likeness (QED) is 0.302. The lowest BCUT2D eigenvalue weighted by Gasteiger charge is -2.14. The van der Waals surface area contributed by atoms with E-state index in [2.05, 4.69) is 20.6 Å². The second kappa shape index (κ2) is 10.0. The van der Waals surface area contributed by atoms with Crippen molar-refractivity contribution in [2.75, 3.05) is 10.6 Å². The van der Waals surface area contributed by atoms with Gasteiger partial charge in [0.25, 0.3) is 0 Å². The highest BCUT2D eigenvalue weighted by Gasteiger charge is 2.19. The van der Waals surface area contributed by atoms with Crippen molar-refractivity contribution >= 4 is 51.8 Å². The lowest BCUT2D eigenvalue weighted by atomic mass is 9.99. The molecule has 4 aromatic rings. The Morgan fingerprint density at radius 3 is 2.37 bits per heavy atom. The molecule has 5 N–H and O–H groups in total. The topological polar surface area (TPSA) is 130 Å². The van der Waals surface area contributed by atoms with Crippen molar-refractivity contribution in [1.29, 1.82) is 0 Å². The van der Waals surface area contributed by atoms with Crippen LogP contribution in [0, 0.1) is 0 Å². The van der Waals surface area contributed by atoms with E-state index < -0.39 is 11.8 Å². The van der Waals surface area contributed by atoms with Gasteiger partial charge in [-0.25, -0.2) is 4.98 Å². The van der Waals surface area contributed by atoms with Crippen LogP contribution in [0.15, 0.2) is 73.1 Å². The van der Waals surface area contributed by atoms with Gasteiger partial charge in [-0.3, -0.25) is 14.4 Å². The molecule has 0 bridgehead atoms. The lowest BCUT2D eigenvalue weighted by molar-refractivity contribution is -0.117. The Hall–Kier alpha value is -4.72. The van der Waals surface area contributed by atoms with E-state index in [4.69, 9.17) is 5.73 Å². The van der Waals surface area contributed by atoms with Crippen molar-refractivity contribution in [1.82, 2.24) is 9.97 Å². The summed E-state index contributed by atoms with van der Waals surface area (Å²) in [6, 6.07) is 18.0. The molecule has 0 spiro atoms. The van der Waals surface area contributed by atoms with Crippen LogP contribution in [0.5, 0.6) is 0 Å². The van der Waals surface area contributed by atoms with Crippen LogP contribution in [0.4, 0.5) is 11.4 Å². The molecule has 2 heterocycles. The molecule has 8 nitrogen and oxygen atoms in total. The molecule has 3 amide bonds.